The Kier molecular flexibility index (Phi) is 4.80. The van der Waals surface area contributed by atoms with Crippen molar-refractivity contribution in [2.24, 2.45) is 5.41 Å². The Labute approximate surface area is 115 Å². The number of nitrogens with zero attached hydrogens (tertiary/aromatic N) is 1. The molecular weight excluding hydrogens is 246 g/mol. The van der Waals surface area contributed by atoms with E-state index in [2.05, 4.69) is 27.7 Å². The van der Waals surface area contributed by atoms with Crippen molar-refractivity contribution in [1.82, 2.24) is 4.90 Å². The molecule has 1 aromatic rings. The largest absolute Gasteiger partial charge is 0.338 e. The Morgan fingerprint density at radius 1 is 1.28 bits per heavy atom. The van der Waals surface area contributed by atoms with Gasteiger partial charge in [0.05, 0.1) is 0 Å². The van der Waals surface area contributed by atoms with Crippen LogP contribution in [-0.2, 0) is 5.88 Å². The second-order valence-electron chi connectivity index (χ2n) is 5.79. The van der Waals surface area contributed by atoms with Crippen LogP contribution < -0.4 is 0 Å². The molecule has 0 spiro atoms. The molecule has 18 heavy (non-hydrogen) atoms. The minimum atomic E-state index is 0.0542. The number of carbonyl (C=O) groups is 1. The third kappa shape index (κ3) is 3.49. The number of benzene rings is 1. The van der Waals surface area contributed by atoms with Crippen LogP contribution in [0.5, 0.6) is 0 Å². The Balaban J connectivity index is 2.86. The molecule has 2 nitrogen and oxygen atoms in total. The molecule has 3 heteroatoms. The van der Waals surface area contributed by atoms with Crippen molar-refractivity contribution in [3.63, 3.8) is 0 Å². The van der Waals surface area contributed by atoms with E-state index in [1.807, 2.05) is 31.3 Å². The molecule has 1 aromatic carbocycles. The van der Waals surface area contributed by atoms with Gasteiger partial charge in [0.25, 0.3) is 5.91 Å². The fraction of sp³-hybridized carbons (Fsp3) is 0.533. The topological polar surface area (TPSA) is 20.3 Å². The van der Waals surface area contributed by atoms with Gasteiger partial charge in [-0.05, 0) is 30.0 Å². The van der Waals surface area contributed by atoms with Crippen LogP contribution in [0, 0.1) is 5.41 Å². The van der Waals surface area contributed by atoms with Gasteiger partial charge in [0.15, 0.2) is 0 Å². The van der Waals surface area contributed by atoms with E-state index in [0.717, 1.165) is 5.56 Å². The molecular formula is C15H22ClNO. The zero-order chi connectivity index (χ0) is 13.9. The molecule has 0 heterocycles. The number of hydrogen-bond donors (Lipinski definition) is 0. The molecule has 0 aromatic heterocycles. The molecule has 0 bridgehead atoms. The Bertz CT molecular complexity index is 405. The first-order chi connectivity index (χ1) is 8.27. The Morgan fingerprint density at radius 3 is 2.17 bits per heavy atom. The third-order valence-corrected chi connectivity index (χ3v) is 3.82. The lowest BCUT2D eigenvalue weighted by Crippen LogP contribution is -2.42. The highest BCUT2D eigenvalue weighted by Crippen LogP contribution is 2.24. The van der Waals surface area contributed by atoms with Gasteiger partial charge in [-0.1, -0.05) is 32.9 Å². The monoisotopic (exact) mass is 267 g/mol. The first kappa shape index (κ1) is 15.0. The molecule has 0 saturated carbocycles. The minimum absolute atomic E-state index is 0.0542. The lowest BCUT2D eigenvalue weighted by Gasteiger charge is -2.35. The summed E-state index contributed by atoms with van der Waals surface area (Å²) in [7, 11) is 1.85. The standard InChI is InChI=1S/C15H22ClNO/c1-11(15(2,3)4)17(5)14(18)13-8-6-12(10-16)7-9-13/h6-9,11H,10H2,1-5H3. The van der Waals surface area contributed by atoms with E-state index in [0.29, 0.717) is 11.4 Å². The predicted octanol–water partition coefficient (Wildman–Crippen LogP) is 3.93. The molecule has 0 N–H and O–H groups in total. The lowest BCUT2D eigenvalue weighted by molar-refractivity contribution is 0.0629. The van der Waals surface area contributed by atoms with Gasteiger partial charge >= 0.3 is 0 Å². The summed E-state index contributed by atoms with van der Waals surface area (Å²) in [5, 5.41) is 0. The molecule has 0 saturated heterocycles. The summed E-state index contributed by atoms with van der Waals surface area (Å²) in [6, 6.07) is 7.65. The number of carbonyl (C=O) groups excluding carboxylic acids is 1. The van der Waals surface area contributed by atoms with Gasteiger partial charge in [-0.3, -0.25) is 4.79 Å². The SMILES string of the molecule is CC(N(C)C(=O)c1ccc(CCl)cc1)C(C)(C)C. The van der Waals surface area contributed by atoms with Crippen LogP contribution >= 0.6 is 11.6 Å². The number of alkyl halides is 1. The van der Waals surface area contributed by atoms with Crippen LogP contribution in [0.3, 0.4) is 0 Å². The molecule has 0 aliphatic rings. The zero-order valence-corrected chi connectivity index (χ0v) is 12.6. The van der Waals surface area contributed by atoms with Crippen LogP contribution in [-0.4, -0.2) is 23.9 Å². The summed E-state index contributed by atoms with van der Waals surface area (Å²) in [6.45, 7) is 8.49. The van der Waals surface area contributed by atoms with E-state index in [1.165, 1.54) is 0 Å². The van der Waals surface area contributed by atoms with Crippen LogP contribution in [0.4, 0.5) is 0 Å². The maximum absolute atomic E-state index is 12.3. The quantitative estimate of drug-likeness (QED) is 0.760. The summed E-state index contributed by atoms with van der Waals surface area (Å²) >= 11 is 5.74. The minimum Gasteiger partial charge on any atom is -0.338 e. The Hall–Kier alpha value is -1.02. The number of halogens is 1. The molecule has 1 atom stereocenters. The second kappa shape index (κ2) is 5.75. The van der Waals surface area contributed by atoms with Crippen molar-refractivity contribution in [3.05, 3.63) is 35.4 Å². The number of rotatable bonds is 3. The van der Waals surface area contributed by atoms with Gasteiger partial charge in [-0.2, -0.15) is 0 Å². The van der Waals surface area contributed by atoms with Crippen molar-refractivity contribution in [2.75, 3.05) is 7.05 Å². The average molecular weight is 268 g/mol. The summed E-state index contributed by atoms with van der Waals surface area (Å²) in [5.74, 6) is 0.529. The maximum Gasteiger partial charge on any atom is 0.253 e. The van der Waals surface area contributed by atoms with Gasteiger partial charge < -0.3 is 4.90 Å². The lowest BCUT2D eigenvalue weighted by atomic mass is 9.87. The van der Waals surface area contributed by atoms with Gasteiger partial charge in [-0.15, -0.1) is 11.6 Å². The van der Waals surface area contributed by atoms with Crippen LogP contribution in [0.2, 0.25) is 0 Å². The van der Waals surface area contributed by atoms with Crippen molar-refractivity contribution in [1.29, 1.82) is 0 Å². The maximum atomic E-state index is 12.3. The molecule has 0 aliphatic heterocycles. The molecule has 0 fully saturated rings. The van der Waals surface area contributed by atoms with Crippen molar-refractivity contribution < 1.29 is 4.79 Å². The van der Waals surface area contributed by atoms with Gasteiger partial charge in [0, 0.05) is 24.5 Å². The molecule has 100 valence electrons. The highest BCUT2D eigenvalue weighted by Gasteiger charge is 2.27. The summed E-state index contributed by atoms with van der Waals surface area (Å²) in [6.07, 6.45) is 0. The first-order valence-corrected chi connectivity index (χ1v) is 6.73. The van der Waals surface area contributed by atoms with Gasteiger partial charge in [0.1, 0.15) is 0 Å². The van der Waals surface area contributed by atoms with E-state index in [-0.39, 0.29) is 17.4 Å². The van der Waals surface area contributed by atoms with E-state index in [1.54, 1.807) is 4.90 Å². The highest BCUT2D eigenvalue weighted by molar-refractivity contribution is 6.17. The highest BCUT2D eigenvalue weighted by atomic mass is 35.5. The smallest absolute Gasteiger partial charge is 0.253 e. The van der Waals surface area contributed by atoms with Crippen LogP contribution in [0.1, 0.15) is 43.6 Å². The number of amides is 1. The van der Waals surface area contributed by atoms with Crippen molar-refractivity contribution >= 4 is 17.5 Å². The van der Waals surface area contributed by atoms with E-state index in [4.69, 9.17) is 11.6 Å². The van der Waals surface area contributed by atoms with Crippen molar-refractivity contribution in [3.8, 4) is 0 Å². The molecule has 1 rings (SSSR count). The third-order valence-electron chi connectivity index (χ3n) is 3.51. The summed E-state index contributed by atoms with van der Waals surface area (Å²) in [5.41, 5.74) is 1.81. The predicted molar refractivity (Wildman–Crippen MR) is 77.0 cm³/mol. The normalized spacial score (nSPS) is 13.2. The van der Waals surface area contributed by atoms with E-state index in [9.17, 15) is 4.79 Å². The fourth-order valence-electron chi connectivity index (χ4n) is 1.70. The van der Waals surface area contributed by atoms with E-state index < -0.39 is 0 Å². The molecule has 1 amide bonds. The molecule has 0 aliphatic carbocycles. The summed E-state index contributed by atoms with van der Waals surface area (Å²) in [4.78, 5) is 14.1. The summed E-state index contributed by atoms with van der Waals surface area (Å²) < 4.78 is 0. The van der Waals surface area contributed by atoms with Gasteiger partial charge in [-0.25, -0.2) is 0 Å². The van der Waals surface area contributed by atoms with Gasteiger partial charge in [0.2, 0.25) is 0 Å². The molecule has 0 radical (unpaired) electrons. The first-order valence-electron chi connectivity index (χ1n) is 6.19. The zero-order valence-electron chi connectivity index (χ0n) is 11.8. The fourth-order valence-corrected chi connectivity index (χ4v) is 1.88. The van der Waals surface area contributed by atoms with E-state index >= 15 is 0 Å². The molecule has 1 unspecified atom stereocenters. The number of hydrogen-bond acceptors (Lipinski definition) is 1. The second-order valence-corrected chi connectivity index (χ2v) is 6.06. The van der Waals surface area contributed by atoms with Crippen molar-refractivity contribution in [2.45, 2.75) is 39.6 Å². The van der Waals surface area contributed by atoms with Crippen LogP contribution in [0.15, 0.2) is 24.3 Å². The van der Waals surface area contributed by atoms with Crippen LogP contribution in [0.25, 0.3) is 0 Å². The Morgan fingerprint density at radius 2 is 1.78 bits per heavy atom. The average Bonchev–Trinajstić information content (AvgIpc) is 2.35.